The van der Waals surface area contributed by atoms with Crippen molar-refractivity contribution in [2.45, 2.75) is 13.3 Å². The van der Waals surface area contributed by atoms with Gasteiger partial charge in [0.05, 0.1) is 6.20 Å². The highest BCUT2D eigenvalue weighted by atomic mass is 19.1. The van der Waals surface area contributed by atoms with Crippen LogP contribution in [-0.4, -0.2) is 32.8 Å². The summed E-state index contributed by atoms with van der Waals surface area (Å²) in [6.07, 6.45) is 3.65. The molecule has 0 unspecified atom stereocenters. The van der Waals surface area contributed by atoms with Gasteiger partial charge in [0.25, 0.3) is 0 Å². The van der Waals surface area contributed by atoms with Crippen molar-refractivity contribution in [3.8, 4) is 0 Å². The average Bonchev–Trinajstić information content (AvgIpc) is 2.79. The fourth-order valence-corrected chi connectivity index (χ4v) is 1.69. The van der Waals surface area contributed by atoms with Gasteiger partial charge >= 0.3 is 0 Å². The molecule has 6 nitrogen and oxygen atoms in total. The van der Waals surface area contributed by atoms with Gasteiger partial charge in [0.1, 0.15) is 0 Å². The maximum absolute atomic E-state index is 13.5. The lowest BCUT2D eigenvalue weighted by molar-refractivity contribution is 0.616. The summed E-state index contributed by atoms with van der Waals surface area (Å²) < 4.78 is 15.3. The van der Waals surface area contributed by atoms with Crippen molar-refractivity contribution in [2.75, 3.05) is 23.7 Å². The Morgan fingerprint density at radius 3 is 2.89 bits per heavy atom. The summed E-state index contributed by atoms with van der Waals surface area (Å²) in [7, 11) is 1.88. The van der Waals surface area contributed by atoms with Crippen LogP contribution in [0, 0.1) is 5.82 Å². The van der Waals surface area contributed by atoms with E-state index in [0.717, 1.165) is 18.3 Å². The summed E-state index contributed by atoms with van der Waals surface area (Å²) in [6.45, 7) is 3.21. The molecule has 0 bridgehead atoms. The third-order valence-corrected chi connectivity index (χ3v) is 2.68. The van der Waals surface area contributed by atoms with Crippen LogP contribution in [0.4, 0.5) is 16.2 Å². The van der Waals surface area contributed by atoms with E-state index in [4.69, 9.17) is 0 Å². The maximum Gasteiger partial charge on any atom is 0.224 e. The second-order valence-corrected chi connectivity index (χ2v) is 4.04. The molecule has 0 saturated heterocycles. The van der Waals surface area contributed by atoms with Gasteiger partial charge in [-0.3, -0.25) is 4.68 Å². The number of anilines is 2. The molecule has 0 spiro atoms. The lowest BCUT2D eigenvalue weighted by atomic mass is 10.3. The molecule has 19 heavy (non-hydrogen) atoms. The molecule has 0 saturated carbocycles. The Morgan fingerprint density at radius 2 is 2.21 bits per heavy atom. The first-order valence-electron chi connectivity index (χ1n) is 6.18. The molecule has 0 aromatic carbocycles. The van der Waals surface area contributed by atoms with E-state index in [1.807, 2.05) is 20.0 Å². The van der Waals surface area contributed by atoms with Crippen LogP contribution in [-0.2, 0) is 13.5 Å². The Bertz CT molecular complexity index is 539. The Kier molecular flexibility index (Phi) is 4.27. The van der Waals surface area contributed by atoms with E-state index >= 15 is 0 Å². The molecule has 0 aliphatic rings. The number of aryl methyl sites for hydroxylation is 1. The summed E-state index contributed by atoms with van der Waals surface area (Å²) in [4.78, 5) is 7.92. The first-order chi connectivity index (χ1) is 9.20. The largest absolute Gasteiger partial charge is 0.367 e. The van der Waals surface area contributed by atoms with Crippen LogP contribution in [0.25, 0.3) is 0 Å². The molecule has 0 radical (unpaired) electrons. The number of halogens is 1. The average molecular weight is 264 g/mol. The SMILES string of the molecule is CCNc1ncc(F)c(NCCc2ccnn2C)n1. The van der Waals surface area contributed by atoms with Gasteiger partial charge in [0, 0.05) is 38.4 Å². The van der Waals surface area contributed by atoms with Crippen molar-refractivity contribution in [1.29, 1.82) is 0 Å². The first kappa shape index (κ1) is 13.3. The van der Waals surface area contributed by atoms with E-state index in [9.17, 15) is 4.39 Å². The third kappa shape index (κ3) is 3.40. The van der Waals surface area contributed by atoms with E-state index in [1.54, 1.807) is 10.9 Å². The molecule has 2 N–H and O–H groups in total. The molecule has 0 aliphatic heterocycles. The predicted octanol–water partition coefficient (Wildman–Crippen LogP) is 1.44. The summed E-state index contributed by atoms with van der Waals surface area (Å²) in [5.41, 5.74) is 1.08. The molecule has 0 fully saturated rings. The van der Waals surface area contributed by atoms with Gasteiger partial charge in [-0.25, -0.2) is 9.37 Å². The van der Waals surface area contributed by atoms with Crippen LogP contribution >= 0.6 is 0 Å². The van der Waals surface area contributed by atoms with Crippen molar-refractivity contribution < 1.29 is 4.39 Å². The summed E-state index contributed by atoms with van der Waals surface area (Å²) in [5, 5.41) is 9.99. The minimum atomic E-state index is -0.452. The minimum Gasteiger partial charge on any atom is -0.367 e. The van der Waals surface area contributed by atoms with Crippen molar-refractivity contribution in [3.05, 3.63) is 30.0 Å². The number of nitrogens with one attached hydrogen (secondary N) is 2. The topological polar surface area (TPSA) is 67.7 Å². The van der Waals surface area contributed by atoms with Gasteiger partial charge in [-0.05, 0) is 13.0 Å². The quantitative estimate of drug-likeness (QED) is 0.826. The van der Waals surface area contributed by atoms with Crippen LogP contribution in [0.15, 0.2) is 18.5 Å². The molecular formula is C12H17FN6. The number of nitrogens with zero attached hydrogens (tertiary/aromatic N) is 4. The lowest BCUT2D eigenvalue weighted by Crippen LogP contribution is -2.12. The second kappa shape index (κ2) is 6.12. The van der Waals surface area contributed by atoms with Crippen LogP contribution in [0.5, 0.6) is 0 Å². The monoisotopic (exact) mass is 264 g/mol. The number of aromatic nitrogens is 4. The van der Waals surface area contributed by atoms with Crippen molar-refractivity contribution in [3.63, 3.8) is 0 Å². The highest BCUT2D eigenvalue weighted by Crippen LogP contribution is 2.11. The fourth-order valence-electron chi connectivity index (χ4n) is 1.69. The summed E-state index contributed by atoms with van der Waals surface area (Å²) in [5.74, 6) is 0.187. The molecule has 2 aromatic heterocycles. The first-order valence-corrected chi connectivity index (χ1v) is 6.18. The minimum absolute atomic E-state index is 0.216. The van der Waals surface area contributed by atoms with Crippen LogP contribution in [0.1, 0.15) is 12.6 Å². The molecule has 102 valence electrons. The predicted molar refractivity (Wildman–Crippen MR) is 71.6 cm³/mol. The Morgan fingerprint density at radius 1 is 1.37 bits per heavy atom. The number of hydrogen-bond donors (Lipinski definition) is 2. The normalized spacial score (nSPS) is 10.5. The summed E-state index contributed by atoms with van der Waals surface area (Å²) >= 11 is 0. The van der Waals surface area contributed by atoms with Crippen molar-refractivity contribution in [1.82, 2.24) is 19.7 Å². The number of rotatable bonds is 6. The highest BCUT2D eigenvalue weighted by molar-refractivity contribution is 5.41. The Hall–Kier alpha value is -2.18. The highest BCUT2D eigenvalue weighted by Gasteiger charge is 2.06. The van der Waals surface area contributed by atoms with Crippen LogP contribution in [0.3, 0.4) is 0 Å². The van der Waals surface area contributed by atoms with Gasteiger partial charge in [-0.2, -0.15) is 10.1 Å². The molecular weight excluding hydrogens is 247 g/mol. The van der Waals surface area contributed by atoms with Crippen molar-refractivity contribution >= 4 is 11.8 Å². The van der Waals surface area contributed by atoms with E-state index in [0.29, 0.717) is 19.0 Å². The molecule has 2 rings (SSSR count). The molecule has 0 aliphatic carbocycles. The molecule has 2 heterocycles. The summed E-state index contributed by atoms with van der Waals surface area (Å²) in [6, 6.07) is 1.93. The molecule has 0 atom stereocenters. The van der Waals surface area contributed by atoms with Gasteiger partial charge in [0.2, 0.25) is 5.95 Å². The zero-order valence-electron chi connectivity index (χ0n) is 11.0. The Labute approximate surface area is 111 Å². The van der Waals surface area contributed by atoms with E-state index in [2.05, 4.69) is 25.7 Å². The third-order valence-electron chi connectivity index (χ3n) is 2.68. The van der Waals surface area contributed by atoms with Gasteiger partial charge in [-0.1, -0.05) is 0 Å². The molecule has 2 aromatic rings. The van der Waals surface area contributed by atoms with E-state index in [-0.39, 0.29) is 5.82 Å². The maximum atomic E-state index is 13.5. The van der Waals surface area contributed by atoms with Gasteiger partial charge < -0.3 is 10.6 Å². The van der Waals surface area contributed by atoms with Crippen molar-refractivity contribution in [2.24, 2.45) is 7.05 Å². The fraction of sp³-hybridized carbons (Fsp3) is 0.417. The molecule has 0 amide bonds. The van der Waals surface area contributed by atoms with Crippen LogP contribution < -0.4 is 10.6 Å². The second-order valence-electron chi connectivity index (χ2n) is 4.04. The Balaban J connectivity index is 1.95. The zero-order chi connectivity index (χ0) is 13.7. The standard InChI is InChI=1S/C12H17FN6/c1-3-14-12-16-8-10(13)11(18-12)15-6-4-9-5-7-17-19(9)2/h5,7-8H,3-4,6H2,1-2H3,(H2,14,15,16,18). The van der Waals surface area contributed by atoms with Gasteiger partial charge in [0.15, 0.2) is 11.6 Å². The van der Waals surface area contributed by atoms with Crippen LogP contribution in [0.2, 0.25) is 0 Å². The zero-order valence-corrected chi connectivity index (χ0v) is 11.0. The van der Waals surface area contributed by atoms with E-state index < -0.39 is 5.82 Å². The van der Waals surface area contributed by atoms with Gasteiger partial charge in [-0.15, -0.1) is 0 Å². The van der Waals surface area contributed by atoms with E-state index in [1.165, 1.54) is 0 Å². The molecule has 7 heteroatoms. The number of hydrogen-bond acceptors (Lipinski definition) is 5. The lowest BCUT2D eigenvalue weighted by Gasteiger charge is -2.08. The smallest absolute Gasteiger partial charge is 0.224 e.